The van der Waals surface area contributed by atoms with Crippen LogP contribution in [0.3, 0.4) is 0 Å². The van der Waals surface area contributed by atoms with Gasteiger partial charge in [0.15, 0.2) is 6.17 Å². The van der Waals surface area contributed by atoms with Crippen molar-refractivity contribution in [1.29, 1.82) is 0 Å². The van der Waals surface area contributed by atoms with E-state index in [9.17, 15) is 9.90 Å². The molecule has 170 valence electrons. The van der Waals surface area contributed by atoms with E-state index >= 15 is 0 Å². The van der Waals surface area contributed by atoms with E-state index in [1.54, 1.807) is 23.9 Å². The third-order valence-electron chi connectivity index (χ3n) is 5.44. The van der Waals surface area contributed by atoms with Gasteiger partial charge in [0.05, 0.1) is 18.5 Å². The van der Waals surface area contributed by atoms with Gasteiger partial charge in [-0.2, -0.15) is 5.10 Å². The highest BCUT2D eigenvalue weighted by Gasteiger charge is 2.32. The van der Waals surface area contributed by atoms with Crippen LogP contribution in [0.25, 0.3) is 28.6 Å². The number of methoxy groups -OCH3 is 1. The first-order chi connectivity index (χ1) is 16.5. The summed E-state index contributed by atoms with van der Waals surface area (Å²) in [5.41, 5.74) is 3.91. The van der Waals surface area contributed by atoms with E-state index in [1.807, 2.05) is 72.8 Å². The number of halogens is 1. The lowest BCUT2D eigenvalue weighted by Gasteiger charge is -2.17. The number of phenolic OH excluding ortho intramolecular Hbond substituents is 1. The standard InChI is InChI=1S/C26H20BrN3O3S/c1-33-19-10-7-16(8-11-19)13-24-25(28-26(32)34-24)30-22(20-14-18(27)9-12-23(20)31)15-21(29-30)17-5-3-2-4-6-17/h2-15,25,31H,1H3,(H,28,32)/b24-13-/t25-/m0/s1. The van der Waals surface area contributed by atoms with Crippen molar-refractivity contribution in [3.05, 3.63) is 93.8 Å². The number of thioether (sulfide) groups is 1. The number of carbonyl (C=O) groups excluding carboxylic acids is 1. The molecule has 0 bridgehead atoms. The molecule has 8 heteroatoms. The molecular weight excluding hydrogens is 514 g/mol. The number of benzene rings is 3. The maximum atomic E-state index is 12.5. The maximum Gasteiger partial charge on any atom is 0.285 e. The second kappa shape index (κ2) is 9.40. The average molecular weight is 534 g/mol. The summed E-state index contributed by atoms with van der Waals surface area (Å²) in [7, 11) is 1.62. The Morgan fingerprint density at radius 3 is 2.59 bits per heavy atom. The second-order valence-corrected chi connectivity index (χ2v) is 9.61. The Morgan fingerprint density at radius 1 is 1.09 bits per heavy atom. The molecular formula is C26H20BrN3O3S. The number of aromatic nitrogens is 2. The van der Waals surface area contributed by atoms with Gasteiger partial charge in [0.2, 0.25) is 0 Å². The molecule has 5 rings (SSSR count). The molecule has 2 heterocycles. The van der Waals surface area contributed by atoms with E-state index in [4.69, 9.17) is 9.84 Å². The molecule has 1 aromatic heterocycles. The zero-order valence-corrected chi connectivity index (χ0v) is 20.5. The highest BCUT2D eigenvalue weighted by Crippen LogP contribution is 2.41. The van der Waals surface area contributed by atoms with Crippen molar-refractivity contribution >= 4 is 39.0 Å². The van der Waals surface area contributed by atoms with Crippen LogP contribution >= 0.6 is 27.7 Å². The molecule has 0 unspecified atom stereocenters. The second-order valence-electron chi connectivity index (χ2n) is 7.64. The first-order valence-corrected chi connectivity index (χ1v) is 12.1. The molecule has 2 N–H and O–H groups in total. The molecule has 6 nitrogen and oxygen atoms in total. The van der Waals surface area contributed by atoms with E-state index in [-0.39, 0.29) is 11.0 Å². The minimum absolute atomic E-state index is 0.127. The predicted octanol–water partition coefficient (Wildman–Crippen LogP) is 6.69. The van der Waals surface area contributed by atoms with Crippen molar-refractivity contribution in [1.82, 2.24) is 15.1 Å². The van der Waals surface area contributed by atoms with Gasteiger partial charge in [-0.3, -0.25) is 4.79 Å². The van der Waals surface area contributed by atoms with Crippen molar-refractivity contribution in [2.45, 2.75) is 6.17 Å². The van der Waals surface area contributed by atoms with Gasteiger partial charge in [0.1, 0.15) is 11.5 Å². The summed E-state index contributed by atoms with van der Waals surface area (Å²) in [5.74, 6) is 0.889. The van der Waals surface area contributed by atoms with Gasteiger partial charge >= 0.3 is 0 Å². The van der Waals surface area contributed by atoms with Crippen molar-refractivity contribution in [3.63, 3.8) is 0 Å². The molecule has 1 saturated heterocycles. The van der Waals surface area contributed by atoms with E-state index in [0.717, 1.165) is 43.7 Å². The summed E-state index contributed by atoms with van der Waals surface area (Å²) in [5, 5.41) is 18.4. The molecule has 0 aliphatic carbocycles. The van der Waals surface area contributed by atoms with Crippen LogP contribution in [0.2, 0.25) is 0 Å². The smallest absolute Gasteiger partial charge is 0.285 e. The largest absolute Gasteiger partial charge is 0.507 e. The quantitative estimate of drug-likeness (QED) is 0.298. The van der Waals surface area contributed by atoms with Crippen LogP contribution in [0.4, 0.5) is 4.79 Å². The molecule has 1 fully saturated rings. The van der Waals surface area contributed by atoms with Crippen molar-refractivity contribution in [2.24, 2.45) is 0 Å². The molecule has 1 aliphatic heterocycles. The van der Waals surface area contributed by atoms with Gasteiger partial charge in [-0.05, 0) is 59.8 Å². The van der Waals surface area contributed by atoms with Crippen LogP contribution in [0, 0.1) is 0 Å². The molecule has 1 amide bonds. The molecule has 1 aliphatic rings. The Hall–Kier alpha value is -3.49. The Morgan fingerprint density at radius 2 is 1.85 bits per heavy atom. The van der Waals surface area contributed by atoms with Crippen LogP contribution in [-0.4, -0.2) is 27.2 Å². The number of nitrogens with zero attached hydrogens (tertiary/aromatic N) is 2. The number of aromatic hydroxyl groups is 1. The highest BCUT2D eigenvalue weighted by atomic mass is 79.9. The molecule has 0 spiro atoms. The Labute approximate surface area is 209 Å². The molecule has 0 saturated carbocycles. The van der Waals surface area contributed by atoms with Crippen LogP contribution in [-0.2, 0) is 0 Å². The van der Waals surface area contributed by atoms with Crippen molar-refractivity contribution < 1.29 is 14.6 Å². The van der Waals surface area contributed by atoms with Crippen LogP contribution in [0.15, 0.2) is 88.2 Å². The zero-order chi connectivity index (χ0) is 23.7. The van der Waals surface area contributed by atoms with Gasteiger partial charge in [0.25, 0.3) is 5.24 Å². The summed E-state index contributed by atoms with van der Waals surface area (Å²) < 4.78 is 7.83. The number of rotatable bonds is 5. The molecule has 1 atom stereocenters. The molecule has 34 heavy (non-hydrogen) atoms. The number of phenols is 1. The fraction of sp³-hybridized carbons (Fsp3) is 0.0769. The number of nitrogens with one attached hydrogen (secondary N) is 1. The lowest BCUT2D eigenvalue weighted by atomic mass is 10.1. The Bertz CT molecular complexity index is 1380. The Kier molecular flexibility index (Phi) is 6.17. The normalized spacial score (nSPS) is 16.6. The third kappa shape index (κ3) is 4.47. The lowest BCUT2D eigenvalue weighted by Crippen LogP contribution is -2.25. The summed E-state index contributed by atoms with van der Waals surface area (Å²) in [4.78, 5) is 13.3. The van der Waals surface area contributed by atoms with E-state index in [2.05, 4.69) is 21.2 Å². The summed E-state index contributed by atoms with van der Waals surface area (Å²) in [6.07, 6.45) is 1.44. The monoisotopic (exact) mass is 533 g/mol. The SMILES string of the molecule is COc1ccc(/C=C2\SC(=O)N[C@H]2n2nc(-c3ccccc3)cc2-c2cc(Br)ccc2O)cc1. The fourth-order valence-corrected chi connectivity index (χ4v) is 5.00. The van der Waals surface area contributed by atoms with Gasteiger partial charge < -0.3 is 15.2 Å². The number of hydrogen-bond donors (Lipinski definition) is 2. The van der Waals surface area contributed by atoms with Gasteiger partial charge in [-0.15, -0.1) is 0 Å². The summed E-state index contributed by atoms with van der Waals surface area (Å²) in [6.45, 7) is 0. The first kappa shape index (κ1) is 22.3. The predicted molar refractivity (Wildman–Crippen MR) is 139 cm³/mol. The lowest BCUT2D eigenvalue weighted by molar-refractivity contribution is 0.257. The maximum absolute atomic E-state index is 12.5. The minimum Gasteiger partial charge on any atom is -0.507 e. The van der Waals surface area contributed by atoms with Gasteiger partial charge in [-0.25, -0.2) is 4.68 Å². The minimum atomic E-state index is -0.523. The topological polar surface area (TPSA) is 76.4 Å². The number of carbonyl (C=O) groups is 1. The summed E-state index contributed by atoms with van der Waals surface area (Å²) >= 11 is 4.63. The number of hydrogen-bond acceptors (Lipinski definition) is 5. The Balaban J connectivity index is 1.64. The average Bonchev–Trinajstić information content (AvgIpc) is 3.45. The van der Waals surface area contributed by atoms with Gasteiger partial charge in [-0.1, -0.05) is 58.4 Å². The van der Waals surface area contributed by atoms with Crippen LogP contribution < -0.4 is 10.1 Å². The molecule has 4 aromatic rings. The zero-order valence-electron chi connectivity index (χ0n) is 18.1. The number of ether oxygens (including phenoxy) is 1. The fourth-order valence-electron chi connectivity index (χ4n) is 3.79. The van der Waals surface area contributed by atoms with E-state index < -0.39 is 6.17 Å². The molecule has 0 radical (unpaired) electrons. The van der Waals surface area contributed by atoms with Crippen LogP contribution in [0.1, 0.15) is 11.7 Å². The summed E-state index contributed by atoms with van der Waals surface area (Å²) in [6, 6.07) is 24.6. The highest BCUT2D eigenvalue weighted by molar-refractivity contribution is 9.10. The third-order valence-corrected chi connectivity index (χ3v) is 6.82. The van der Waals surface area contributed by atoms with E-state index in [1.165, 1.54) is 0 Å². The van der Waals surface area contributed by atoms with Gasteiger partial charge in [0, 0.05) is 20.5 Å². The first-order valence-electron chi connectivity index (χ1n) is 10.5. The van der Waals surface area contributed by atoms with Crippen LogP contribution in [0.5, 0.6) is 11.5 Å². The number of amides is 1. The van der Waals surface area contributed by atoms with Crippen molar-refractivity contribution in [3.8, 4) is 34.0 Å². The molecule has 3 aromatic carbocycles. The van der Waals surface area contributed by atoms with E-state index in [0.29, 0.717) is 11.3 Å². The van der Waals surface area contributed by atoms with Crippen molar-refractivity contribution in [2.75, 3.05) is 7.11 Å².